The zero-order valence-corrected chi connectivity index (χ0v) is 10.2. The van der Waals surface area contributed by atoms with Gasteiger partial charge in [0.2, 0.25) is 11.4 Å². The third-order valence-electron chi connectivity index (χ3n) is 2.39. The van der Waals surface area contributed by atoms with E-state index in [0.29, 0.717) is 6.92 Å². The average molecular weight is 284 g/mol. The first-order valence-corrected chi connectivity index (χ1v) is 5.29. The number of hydrogen-bond donors (Lipinski definition) is 2. The number of esters is 1. The summed E-state index contributed by atoms with van der Waals surface area (Å²) < 4.78 is 51.8. The predicted molar refractivity (Wildman–Crippen MR) is 55.1 cm³/mol. The molecule has 1 rings (SSSR count). The van der Waals surface area contributed by atoms with Gasteiger partial charge in [-0.3, -0.25) is 0 Å². The first-order valence-electron chi connectivity index (χ1n) is 5.29. The second kappa shape index (κ2) is 5.29. The molecule has 0 aromatic rings. The normalized spacial score (nSPS) is 23.1. The minimum Gasteiger partial charge on any atom is -0.512 e. The van der Waals surface area contributed by atoms with Gasteiger partial charge in [-0.05, 0) is 13.8 Å². The molecule has 19 heavy (non-hydrogen) atoms. The molecule has 0 fully saturated rings. The van der Waals surface area contributed by atoms with Gasteiger partial charge < -0.3 is 24.2 Å². The maximum absolute atomic E-state index is 12.8. The fourth-order valence-corrected chi connectivity index (χ4v) is 1.44. The highest BCUT2D eigenvalue weighted by molar-refractivity contribution is 6.33. The van der Waals surface area contributed by atoms with Crippen molar-refractivity contribution < 1.29 is 42.1 Å². The SMILES string of the molecule is CCOC(=O)C1=C(OB(O)O)CC(C)(C(F)(F)F)O1. The number of hydrogen-bond acceptors (Lipinski definition) is 6. The van der Waals surface area contributed by atoms with E-state index in [9.17, 15) is 18.0 Å². The molecule has 1 heterocycles. The summed E-state index contributed by atoms with van der Waals surface area (Å²) in [5, 5.41) is 17.3. The molecule has 108 valence electrons. The first kappa shape index (κ1) is 15.6. The number of ether oxygens (including phenoxy) is 2. The van der Waals surface area contributed by atoms with Gasteiger partial charge in [0.25, 0.3) is 0 Å². The average Bonchev–Trinajstić information content (AvgIpc) is 2.55. The van der Waals surface area contributed by atoms with E-state index < -0.39 is 43.0 Å². The molecule has 1 aliphatic heterocycles. The number of carbonyl (C=O) groups is 1. The highest BCUT2D eigenvalue weighted by Gasteiger charge is 2.59. The smallest absolute Gasteiger partial charge is 0.512 e. The number of rotatable bonds is 4. The van der Waals surface area contributed by atoms with E-state index in [1.807, 2.05) is 0 Å². The number of alkyl halides is 3. The van der Waals surface area contributed by atoms with Gasteiger partial charge in [-0.15, -0.1) is 0 Å². The Bertz CT molecular complexity index is 394. The van der Waals surface area contributed by atoms with Crippen molar-refractivity contribution in [3.63, 3.8) is 0 Å². The summed E-state index contributed by atoms with van der Waals surface area (Å²) in [6.07, 6.45) is -5.63. The van der Waals surface area contributed by atoms with Crippen molar-refractivity contribution in [2.24, 2.45) is 0 Å². The van der Waals surface area contributed by atoms with Gasteiger partial charge in [-0.1, -0.05) is 0 Å². The Morgan fingerprint density at radius 2 is 2.11 bits per heavy atom. The summed E-state index contributed by atoms with van der Waals surface area (Å²) in [4.78, 5) is 11.4. The van der Waals surface area contributed by atoms with Gasteiger partial charge in [0.05, 0.1) is 13.0 Å². The fraction of sp³-hybridized carbons (Fsp3) is 0.667. The van der Waals surface area contributed by atoms with Crippen molar-refractivity contribution in [3.05, 3.63) is 11.5 Å². The van der Waals surface area contributed by atoms with Crippen molar-refractivity contribution >= 4 is 13.3 Å². The van der Waals surface area contributed by atoms with E-state index in [1.54, 1.807) is 0 Å². The van der Waals surface area contributed by atoms with Crippen LogP contribution in [0.3, 0.4) is 0 Å². The summed E-state index contributed by atoms with van der Waals surface area (Å²) in [5.41, 5.74) is -2.68. The molecule has 0 aliphatic carbocycles. The molecular formula is C9H12BF3O6. The standard InChI is InChI=1S/C9H12BF3O6/c1-3-17-7(14)6-5(19-10(15)16)4-8(2,18-6)9(11,12)13/h15-16H,3-4H2,1-2H3. The Morgan fingerprint density at radius 1 is 1.53 bits per heavy atom. The Kier molecular flexibility index (Phi) is 4.36. The molecule has 1 atom stereocenters. The molecule has 2 N–H and O–H groups in total. The van der Waals surface area contributed by atoms with E-state index in [2.05, 4.69) is 14.1 Å². The summed E-state index contributed by atoms with van der Waals surface area (Å²) >= 11 is 0. The summed E-state index contributed by atoms with van der Waals surface area (Å²) in [7, 11) is -2.36. The van der Waals surface area contributed by atoms with Crippen molar-refractivity contribution in [3.8, 4) is 0 Å². The van der Waals surface area contributed by atoms with Crippen LogP contribution in [0.4, 0.5) is 13.2 Å². The molecule has 1 aliphatic rings. The van der Waals surface area contributed by atoms with Crippen LogP contribution in [-0.2, 0) is 18.9 Å². The monoisotopic (exact) mass is 284 g/mol. The second-order valence-electron chi connectivity index (χ2n) is 3.92. The largest absolute Gasteiger partial charge is 0.707 e. The molecule has 0 saturated carbocycles. The van der Waals surface area contributed by atoms with Crippen molar-refractivity contribution in [2.45, 2.75) is 32.0 Å². The van der Waals surface area contributed by atoms with Crippen LogP contribution in [0.5, 0.6) is 0 Å². The molecule has 1 unspecified atom stereocenters. The number of halogens is 3. The number of carbonyl (C=O) groups excluding carboxylic acids is 1. The van der Waals surface area contributed by atoms with Gasteiger partial charge in [0.1, 0.15) is 5.76 Å². The topological polar surface area (TPSA) is 85.2 Å². The van der Waals surface area contributed by atoms with Gasteiger partial charge in [-0.25, -0.2) is 4.79 Å². The maximum Gasteiger partial charge on any atom is 0.707 e. The first-order chi connectivity index (χ1) is 8.60. The lowest BCUT2D eigenvalue weighted by atomic mass is 10.0. The van der Waals surface area contributed by atoms with Crippen LogP contribution in [0, 0.1) is 0 Å². The van der Waals surface area contributed by atoms with E-state index >= 15 is 0 Å². The van der Waals surface area contributed by atoms with Crippen LogP contribution >= 0.6 is 0 Å². The highest BCUT2D eigenvalue weighted by atomic mass is 19.4. The Labute approximate surface area is 106 Å². The zero-order valence-electron chi connectivity index (χ0n) is 10.2. The van der Waals surface area contributed by atoms with Gasteiger partial charge in [0, 0.05) is 0 Å². The third-order valence-corrected chi connectivity index (χ3v) is 2.39. The van der Waals surface area contributed by atoms with Gasteiger partial charge in [0.15, 0.2) is 0 Å². The van der Waals surface area contributed by atoms with Crippen molar-refractivity contribution in [1.29, 1.82) is 0 Å². The van der Waals surface area contributed by atoms with Crippen LogP contribution in [0.25, 0.3) is 0 Å². The lowest BCUT2D eigenvalue weighted by Gasteiger charge is -2.27. The summed E-state index contributed by atoms with van der Waals surface area (Å²) in [6.45, 7) is 2.09. The van der Waals surface area contributed by atoms with E-state index in [-0.39, 0.29) is 6.61 Å². The summed E-state index contributed by atoms with van der Waals surface area (Å²) in [5.74, 6) is -2.59. The third kappa shape index (κ3) is 3.32. The minimum absolute atomic E-state index is 0.0800. The lowest BCUT2D eigenvalue weighted by molar-refractivity contribution is -0.252. The summed E-state index contributed by atoms with van der Waals surface area (Å²) in [6, 6.07) is 0. The quantitative estimate of drug-likeness (QED) is 0.577. The minimum atomic E-state index is -4.77. The van der Waals surface area contributed by atoms with Crippen LogP contribution in [-0.4, -0.2) is 41.7 Å². The van der Waals surface area contributed by atoms with E-state index in [0.717, 1.165) is 0 Å². The molecule has 0 saturated heterocycles. The Morgan fingerprint density at radius 3 is 2.53 bits per heavy atom. The molecule has 0 amide bonds. The van der Waals surface area contributed by atoms with Crippen LogP contribution < -0.4 is 0 Å². The molecule has 0 bridgehead atoms. The lowest BCUT2D eigenvalue weighted by Crippen LogP contribution is -2.42. The van der Waals surface area contributed by atoms with E-state index in [1.165, 1.54) is 6.92 Å². The fourth-order valence-electron chi connectivity index (χ4n) is 1.44. The molecule has 6 nitrogen and oxygen atoms in total. The maximum atomic E-state index is 12.8. The molecule has 0 spiro atoms. The zero-order chi connectivity index (χ0) is 14.8. The Hall–Kier alpha value is -1.42. The molecule has 0 aromatic carbocycles. The van der Waals surface area contributed by atoms with Crippen molar-refractivity contribution in [1.82, 2.24) is 0 Å². The second-order valence-corrected chi connectivity index (χ2v) is 3.92. The Balaban J connectivity index is 3.02. The van der Waals surface area contributed by atoms with Gasteiger partial charge >= 0.3 is 19.5 Å². The molecule has 0 radical (unpaired) electrons. The molecule has 10 heteroatoms. The van der Waals surface area contributed by atoms with Gasteiger partial charge in [-0.2, -0.15) is 13.2 Å². The van der Waals surface area contributed by atoms with Crippen LogP contribution in [0.1, 0.15) is 20.3 Å². The predicted octanol–water partition coefficient (Wildman–Crippen LogP) is 0.488. The molecular weight excluding hydrogens is 272 g/mol. The van der Waals surface area contributed by atoms with E-state index in [4.69, 9.17) is 10.0 Å². The van der Waals surface area contributed by atoms with Crippen LogP contribution in [0.2, 0.25) is 0 Å². The highest BCUT2D eigenvalue weighted by Crippen LogP contribution is 2.45. The van der Waals surface area contributed by atoms with Crippen LogP contribution in [0.15, 0.2) is 11.5 Å². The molecule has 0 aromatic heterocycles. The van der Waals surface area contributed by atoms with Crippen molar-refractivity contribution in [2.75, 3.05) is 6.61 Å².